The fraction of sp³-hybridized carbons (Fsp3) is 0.364. The number of ether oxygens (including phenoxy) is 1. The molecule has 0 spiro atoms. The van der Waals surface area contributed by atoms with E-state index in [9.17, 15) is 4.79 Å². The highest BCUT2D eigenvalue weighted by molar-refractivity contribution is 6.57. The molecule has 0 amide bonds. The maximum absolute atomic E-state index is 11.3. The normalized spacial score (nSPS) is 11.3. The maximum atomic E-state index is 11.3. The molecule has 0 saturated carbocycles. The van der Waals surface area contributed by atoms with Crippen LogP contribution in [0.15, 0.2) is 18.2 Å². The summed E-state index contributed by atoms with van der Waals surface area (Å²) in [4.78, 5) is 11.3. The van der Waals surface area contributed by atoms with Crippen molar-refractivity contribution in [3.8, 4) is 0 Å². The molecule has 1 aromatic carbocycles. The lowest BCUT2D eigenvalue weighted by atomic mass is 10.0. The molecule has 0 radical (unpaired) electrons. The standard InChI is InChI=1S/C11H11Cl3O2/c1-7-8(4-3-5-9(7)12)6-11(13,14)10(15)16-2/h3-5H,6H2,1-2H3. The highest BCUT2D eigenvalue weighted by Crippen LogP contribution is 2.30. The van der Waals surface area contributed by atoms with Crippen molar-refractivity contribution in [2.75, 3.05) is 7.11 Å². The number of benzene rings is 1. The molecule has 1 rings (SSSR count). The minimum absolute atomic E-state index is 0.162. The van der Waals surface area contributed by atoms with Gasteiger partial charge in [0.05, 0.1) is 7.11 Å². The maximum Gasteiger partial charge on any atom is 0.342 e. The monoisotopic (exact) mass is 280 g/mol. The Hall–Kier alpha value is -0.440. The number of rotatable bonds is 3. The molecule has 88 valence electrons. The van der Waals surface area contributed by atoms with Crippen LogP contribution in [0.1, 0.15) is 11.1 Å². The van der Waals surface area contributed by atoms with Crippen LogP contribution in [-0.4, -0.2) is 17.4 Å². The Balaban J connectivity index is 2.96. The quantitative estimate of drug-likeness (QED) is 0.626. The van der Waals surface area contributed by atoms with Gasteiger partial charge in [0, 0.05) is 11.4 Å². The van der Waals surface area contributed by atoms with E-state index < -0.39 is 10.3 Å². The van der Waals surface area contributed by atoms with E-state index in [1.807, 2.05) is 13.0 Å². The first-order valence-corrected chi connectivity index (χ1v) is 5.72. The number of halogens is 3. The first kappa shape index (κ1) is 13.6. The van der Waals surface area contributed by atoms with Gasteiger partial charge in [0.2, 0.25) is 4.33 Å². The van der Waals surface area contributed by atoms with Gasteiger partial charge in [0.15, 0.2) is 0 Å². The van der Waals surface area contributed by atoms with Crippen LogP contribution in [0, 0.1) is 6.92 Å². The lowest BCUT2D eigenvalue weighted by Crippen LogP contribution is -2.30. The zero-order valence-corrected chi connectivity index (χ0v) is 11.2. The molecule has 0 fully saturated rings. The van der Waals surface area contributed by atoms with Gasteiger partial charge in [0.1, 0.15) is 0 Å². The van der Waals surface area contributed by atoms with Crippen LogP contribution in [0.3, 0.4) is 0 Å². The Bertz CT molecular complexity index is 402. The predicted molar refractivity (Wildman–Crippen MR) is 66.3 cm³/mol. The van der Waals surface area contributed by atoms with E-state index in [4.69, 9.17) is 34.8 Å². The van der Waals surface area contributed by atoms with Gasteiger partial charge in [-0.3, -0.25) is 0 Å². The van der Waals surface area contributed by atoms with Crippen LogP contribution in [0.5, 0.6) is 0 Å². The number of alkyl halides is 2. The van der Waals surface area contributed by atoms with Crippen LogP contribution < -0.4 is 0 Å². The molecule has 0 aliphatic carbocycles. The number of esters is 1. The van der Waals surface area contributed by atoms with Crippen LogP contribution in [0.4, 0.5) is 0 Å². The summed E-state index contributed by atoms with van der Waals surface area (Å²) in [6.07, 6.45) is 0.162. The molecule has 1 aromatic rings. The molecule has 2 nitrogen and oxygen atoms in total. The SMILES string of the molecule is COC(=O)C(Cl)(Cl)Cc1cccc(Cl)c1C. The van der Waals surface area contributed by atoms with E-state index in [0.29, 0.717) is 5.02 Å². The van der Waals surface area contributed by atoms with Gasteiger partial charge in [-0.15, -0.1) is 0 Å². The molecule has 0 aromatic heterocycles. The number of carbonyl (C=O) groups is 1. The fourth-order valence-corrected chi connectivity index (χ4v) is 1.94. The summed E-state index contributed by atoms with van der Waals surface area (Å²) >= 11 is 17.7. The summed E-state index contributed by atoms with van der Waals surface area (Å²) < 4.78 is 2.94. The highest BCUT2D eigenvalue weighted by atomic mass is 35.5. The third-order valence-corrected chi connectivity index (χ3v) is 3.26. The second-order valence-electron chi connectivity index (χ2n) is 3.40. The van der Waals surface area contributed by atoms with Gasteiger partial charge < -0.3 is 4.74 Å². The Morgan fingerprint density at radius 3 is 2.62 bits per heavy atom. The minimum Gasteiger partial charge on any atom is -0.467 e. The smallest absolute Gasteiger partial charge is 0.342 e. The van der Waals surface area contributed by atoms with Gasteiger partial charge in [0.25, 0.3) is 0 Å². The molecule has 0 unspecified atom stereocenters. The van der Waals surface area contributed by atoms with Crippen molar-refractivity contribution in [3.05, 3.63) is 34.3 Å². The van der Waals surface area contributed by atoms with Gasteiger partial charge in [-0.1, -0.05) is 46.9 Å². The Kier molecular flexibility index (Phi) is 4.48. The topological polar surface area (TPSA) is 26.3 Å². The second kappa shape index (κ2) is 5.26. The Morgan fingerprint density at radius 2 is 2.06 bits per heavy atom. The molecule has 16 heavy (non-hydrogen) atoms. The van der Waals surface area contributed by atoms with Crippen molar-refractivity contribution in [1.29, 1.82) is 0 Å². The van der Waals surface area contributed by atoms with Crippen molar-refractivity contribution >= 4 is 40.8 Å². The van der Waals surface area contributed by atoms with Crippen LogP contribution in [0.2, 0.25) is 5.02 Å². The van der Waals surface area contributed by atoms with Gasteiger partial charge in [-0.2, -0.15) is 0 Å². The van der Waals surface area contributed by atoms with Crippen molar-refractivity contribution in [2.24, 2.45) is 0 Å². The first-order chi connectivity index (χ1) is 7.38. The van der Waals surface area contributed by atoms with Crippen molar-refractivity contribution in [2.45, 2.75) is 17.7 Å². The lowest BCUT2D eigenvalue weighted by molar-refractivity contribution is -0.141. The summed E-state index contributed by atoms with van der Waals surface area (Å²) in [6.45, 7) is 1.85. The number of methoxy groups -OCH3 is 1. The Morgan fingerprint density at radius 1 is 1.44 bits per heavy atom. The van der Waals surface area contributed by atoms with Crippen molar-refractivity contribution in [1.82, 2.24) is 0 Å². The second-order valence-corrected chi connectivity index (χ2v) is 5.29. The first-order valence-electron chi connectivity index (χ1n) is 4.58. The average Bonchev–Trinajstić information content (AvgIpc) is 2.23. The van der Waals surface area contributed by atoms with Crippen LogP contribution in [-0.2, 0) is 16.0 Å². The summed E-state index contributed by atoms with van der Waals surface area (Å²) in [5.41, 5.74) is 1.68. The largest absolute Gasteiger partial charge is 0.467 e. The minimum atomic E-state index is -1.58. The molecule has 0 bridgehead atoms. The summed E-state index contributed by atoms with van der Waals surface area (Å²) in [6, 6.07) is 5.37. The average molecular weight is 282 g/mol. The number of hydrogen-bond donors (Lipinski definition) is 0. The highest BCUT2D eigenvalue weighted by Gasteiger charge is 2.35. The van der Waals surface area contributed by atoms with E-state index in [-0.39, 0.29) is 6.42 Å². The molecule has 0 atom stereocenters. The summed E-state index contributed by atoms with van der Waals surface area (Å²) in [5, 5.41) is 0.617. The molecule has 0 aliphatic rings. The third kappa shape index (κ3) is 3.03. The summed E-state index contributed by atoms with van der Waals surface area (Å²) in [7, 11) is 1.24. The molecular weight excluding hydrogens is 270 g/mol. The molecule has 0 N–H and O–H groups in total. The molecule has 0 saturated heterocycles. The van der Waals surface area contributed by atoms with E-state index in [2.05, 4.69) is 4.74 Å². The predicted octanol–water partition coefficient (Wildman–Crippen LogP) is 3.54. The van der Waals surface area contributed by atoms with Gasteiger partial charge in [-0.25, -0.2) is 4.79 Å². The van der Waals surface area contributed by atoms with Crippen LogP contribution >= 0.6 is 34.8 Å². The van der Waals surface area contributed by atoms with Gasteiger partial charge >= 0.3 is 5.97 Å². The van der Waals surface area contributed by atoms with Crippen molar-refractivity contribution < 1.29 is 9.53 Å². The fourth-order valence-electron chi connectivity index (χ4n) is 1.30. The van der Waals surface area contributed by atoms with Gasteiger partial charge in [-0.05, 0) is 24.1 Å². The summed E-state index contributed by atoms with van der Waals surface area (Å²) in [5.74, 6) is -0.671. The molecule has 0 heterocycles. The lowest BCUT2D eigenvalue weighted by Gasteiger charge is -2.18. The number of carbonyl (C=O) groups excluding carboxylic acids is 1. The number of hydrogen-bond acceptors (Lipinski definition) is 2. The van der Waals surface area contributed by atoms with E-state index in [1.54, 1.807) is 12.1 Å². The molecule has 5 heteroatoms. The van der Waals surface area contributed by atoms with Crippen molar-refractivity contribution in [3.63, 3.8) is 0 Å². The zero-order valence-electron chi connectivity index (χ0n) is 8.89. The Labute approximate surface area is 109 Å². The van der Waals surface area contributed by atoms with E-state index in [0.717, 1.165) is 11.1 Å². The van der Waals surface area contributed by atoms with Crippen LogP contribution in [0.25, 0.3) is 0 Å². The van der Waals surface area contributed by atoms with E-state index in [1.165, 1.54) is 7.11 Å². The third-order valence-electron chi connectivity index (χ3n) is 2.28. The molecule has 0 aliphatic heterocycles. The zero-order chi connectivity index (χ0) is 12.3. The van der Waals surface area contributed by atoms with E-state index >= 15 is 0 Å². The molecular formula is C11H11Cl3O2.